The van der Waals surface area contributed by atoms with Crippen LogP contribution >= 0.6 is 0 Å². The Morgan fingerprint density at radius 3 is 2.63 bits per heavy atom. The average Bonchev–Trinajstić information content (AvgIpc) is 2.32. The predicted octanol–water partition coefficient (Wildman–Crippen LogP) is 2.91. The first kappa shape index (κ1) is 13.9. The van der Waals surface area contributed by atoms with E-state index in [1.165, 1.54) is 0 Å². The van der Waals surface area contributed by atoms with Crippen LogP contribution in [0.25, 0.3) is 0 Å². The van der Waals surface area contributed by atoms with E-state index in [9.17, 15) is 4.79 Å². The second-order valence-electron chi connectivity index (χ2n) is 5.27. The van der Waals surface area contributed by atoms with Crippen molar-refractivity contribution in [3.8, 4) is 5.75 Å². The molecule has 1 aliphatic heterocycles. The minimum atomic E-state index is -0.832. The van der Waals surface area contributed by atoms with Crippen molar-refractivity contribution in [2.45, 2.75) is 38.2 Å². The van der Waals surface area contributed by atoms with Crippen molar-refractivity contribution in [2.24, 2.45) is 0 Å². The molecule has 4 heteroatoms. The van der Waals surface area contributed by atoms with Crippen LogP contribution in [0.4, 0.5) is 0 Å². The average molecular weight is 264 g/mol. The van der Waals surface area contributed by atoms with Crippen molar-refractivity contribution in [3.63, 3.8) is 0 Å². The van der Waals surface area contributed by atoms with Gasteiger partial charge in [0.1, 0.15) is 11.4 Å². The standard InChI is InChI=1S/C15H20O4/c1-10(2)12-8-11(4-5-13(12)18-3)15(6-7-19-15)9-14(16)17/h4-5,8,10H,6-7,9H2,1-3H3,(H,16,17). The highest BCUT2D eigenvalue weighted by Crippen LogP contribution is 2.42. The van der Waals surface area contributed by atoms with Crippen LogP contribution in [-0.4, -0.2) is 24.8 Å². The molecule has 0 spiro atoms. The molecule has 1 heterocycles. The molecule has 104 valence electrons. The zero-order valence-corrected chi connectivity index (χ0v) is 11.6. The van der Waals surface area contributed by atoms with Crippen molar-refractivity contribution in [1.82, 2.24) is 0 Å². The molecule has 0 radical (unpaired) electrons. The largest absolute Gasteiger partial charge is 0.496 e. The van der Waals surface area contributed by atoms with Crippen molar-refractivity contribution >= 4 is 5.97 Å². The van der Waals surface area contributed by atoms with Crippen LogP contribution in [0.2, 0.25) is 0 Å². The van der Waals surface area contributed by atoms with Gasteiger partial charge in [-0.1, -0.05) is 19.9 Å². The quantitative estimate of drug-likeness (QED) is 0.888. The molecule has 0 amide bonds. The van der Waals surface area contributed by atoms with E-state index in [0.29, 0.717) is 12.5 Å². The Morgan fingerprint density at radius 1 is 1.53 bits per heavy atom. The Bertz CT molecular complexity index is 475. The first-order valence-electron chi connectivity index (χ1n) is 6.52. The van der Waals surface area contributed by atoms with E-state index < -0.39 is 11.6 Å². The zero-order chi connectivity index (χ0) is 14.0. The second kappa shape index (κ2) is 5.21. The van der Waals surface area contributed by atoms with E-state index in [4.69, 9.17) is 14.6 Å². The molecular formula is C15H20O4. The lowest BCUT2D eigenvalue weighted by Crippen LogP contribution is -2.42. The molecule has 0 bridgehead atoms. The fourth-order valence-corrected chi connectivity index (χ4v) is 2.53. The zero-order valence-electron chi connectivity index (χ0n) is 11.6. The third kappa shape index (κ3) is 2.59. The third-order valence-corrected chi connectivity index (χ3v) is 3.70. The Balaban J connectivity index is 2.39. The molecule has 1 aromatic carbocycles. The number of benzene rings is 1. The first-order valence-corrected chi connectivity index (χ1v) is 6.52. The van der Waals surface area contributed by atoms with Gasteiger partial charge in [-0.25, -0.2) is 0 Å². The van der Waals surface area contributed by atoms with Crippen LogP contribution in [0.3, 0.4) is 0 Å². The van der Waals surface area contributed by atoms with Gasteiger partial charge in [-0.05, 0) is 29.2 Å². The van der Waals surface area contributed by atoms with E-state index in [1.54, 1.807) is 7.11 Å². The van der Waals surface area contributed by atoms with Crippen molar-refractivity contribution in [3.05, 3.63) is 29.3 Å². The summed E-state index contributed by atoms with van der Waals surface area (Å²) in [5.74, 6) is 0.321. The van der Waals surface area contributed by atoms with Crippen molar-refractivity contribution < 1.29 is 19.4 Å². The third-order valence-electron chi connectivity index (χ3n) is 3.70. The van der Waals surface area contributed by atoms with Gasteiger partial charge in [0, 0.05) is 6.42 Å². The molecule has 0 saturated carbocycles. The lowest BCUT2D eigenvalue weighted by molar-refractivity contribution is -0.176. The molecule has 4 nitrogen and oxygen atoms in total. The lowest BCUT2D eigenvalue weighted by atomic mass is 9.82. The summed E-state index contributed by atoms with van der Waals surface area (Å²) in [4.78, 5) is 11.0. The highest BCUT2D eigenvalue weighted by Gasteiger charge is 2.42. The molecule has 1 N–H and O–H groups in total. The number of carboxylic acids is 1. The highest BCUT2D eigenvalue weighted by molar-refractivity contribution is 5.69. The maximum absolute atomic E-state index is 11.0. The van der Waals surface area contributed by atoms with E-state index in [1.807, 2.05) is 18.2 Å². The predicted molar refractivity (Wildman–Crippen MR) is 71.6 cm³/mol. The summed E-state index contributed by atoms with van der Waals surface area (Å²) in [7, 11) is 1.65. The summed E-state index contributed by atoms with van der Waals surface area (Å²) in [5, 5.41) is 9.05. The molecular weight excluding hydrogens is 244 g/mol. The maximum Gasteiger partial charge on any atom is 0.306 e. The summed E-state index contributed by atoms with van der Waals surface area (Å²) >= 11 is 0. The summed E-state index contributed by atoms with van der Waals surface area (Å²) in [6.07, 6.45) is 0.764. The van der Waals surface area contributed by atoms with Gasteiger partial charge in [-0.15, -0.1) is 0 Å². The maximum atomic E-state index is 11.0. The molecule has 0 aromatic heterocycles. The van der Waals surface area contributed by atoms with E-state index >= 15 is 0 Å². The first-order chi connectivity index (χ1) is 8.98. The number of carboxylic acid groups (broad SMARTS) is 1. The summed E-state index contributed by atoms with van der Waals surface area (Å²) < 4.78 is 11.0. The van der Waals surface area contributed by atoms with Crippen molar-refractivity contribution in [1.29, 1.82) is 0 Å². The smallest absolute Gasteiger partial charge is 0.306 e. The molecule has 1 saturated heterocycles. The Hall–Kier alpha value is -1.55. The molecule has 1 aliphatic rings. The van der Waals surface area contributed by atoms with Crippen molar-refractivity contribution in [2.75, 3.05) is 13.7 Å². The number of hydrogen-bond acceptors (Lipinski definition) is 3. The molecule has 1 atom stereocenters. The molecule has 0 aliphatic carbocycles. The van der Waals surface area contributed by atoms with Gasteiger partial charge in [0.05, 0.1) is 20.1 Å². The van der Waals surface area contributed by atoms with E-state index in [-0.39, 0.29) is 6.42 Å². The number of ether oxygens (including phenoxy) is 2. The Labute approximate surface area is 113 Å². The van der Waals surface area contributed by atoms with Gasteiger partial charge in [-0.3, -0.25) is 4.79 Å². The topological polar surface area (TPSA) is 55.8 Å². The van der Waals surface area contributed by atoms with E-state index in [0.717, 1.165) is 23.3 Å². The summed E-state index contributed by atoms with van der Waals surface area (Å²) in [6, 6.07) is 5.83. The van der Waals surface area contributed by atoms with Crippen LogP contribution in [-0.2, 0) is 15.1 Å². The van der Waals surface area contributed by atoms with Gasteiger partial charge in [-0.2, -0.15) is 0 Å². The number of carbonyl (C=O) groups is 1. The fourth-order valence-electron chi connectivity index (χ4n) is 2.53. The van der Waals surface area contributed by atoms with Gasteiger partial charge in [0.25, 0.3) is 0 Å². The van der Waals surface area contributed by atoms with Gasteiger partial charge >= 0.3 is 5.97 Å². The SMILES string of the molecule is COc1ccc(C2(CC(=O)O)CCO2)cc1C(C)C. The summed E-state index contributed by atoms with van der Waals surface area (Å²) in [5.41, 5.74) is 1.37. The van der Waals surface area contributed by atoms with E-state index in [2.05, 4.69) is 13.8 Å². The number of rotatable bonds is 5. The number of methoxy groups -OCH3 is 1. The molecule has 1 aromatic rings. The minimum absolute atomic E-state index is 0.0108. The number of aliphatic carboxylic acids is 1. The molecule has 1 unspecified atom stereocenters. The highest BCUT2D eigenvalue weighted by atomic mass is 16.5. The van der Waals surface area contributed by atoms with Crippen LogP contribution < -0.4 is 4.74 Å². The van der Waals surface area contributed by atoms with Gasteiger partial charge in [0.2, 0.25) is 0 Å². The van der Waals surface area contributed by atoms with Crippen LogP contribution in [0.15, 0.2) is 18.2 Å². The van der Waals surface area contributed by atoms with Crippen LogP contribution in [0.5, 0.6) is 5.75 Å². The van der Waals surface area contributed by atoms with Gasteiger partial charge in [0.15, 0.2) is 0 Å². The number of hydrogen-bond donors (Lipinski definition) is 1. The second-order valence-corrected chi connectivity index (χ2v) is 5.27. The monoisotopic (exact) mass is 264 g/mol. The minimum Gasteiger partial charge on any atom is -0.496 e. The fraction of sp³-hybridized carbons (Fsp3) is 0.533. The Kier molecular flexibility index (Phi) is 3.80. The molecule has 1 fully saturated rings. The van der Waals surface area contributed by atoms with Crippen LogP contribution in [0, 0.1) is 0 Å². The molecule has 19 heavy (non-hydrogen) atoms. The van der Waals surface area contributed by atoms with Gasteiger partial charge < -0.3 is 14.6 Å². The normalized spacial score (nSPS) is 22.1. The molecule has 2 rings (SSSR count). The summed E-state index contributed by atoms with van der Waals surface area (Å²) in [6.45, 7) is 4.80. The van der Waals surface area contributed by atoms with Crippen LogP contribution in [0.1, 0.15) is 43.7 Å². The Morgan fingerprint density at radius 2 is 2.21 bits per heavy atom. The lowest BCUT2D eigenvalue weighted by Gasteiger charge is -2.41.